The number of amidine groups is 1. The second kappa shape index (κ2) is 4.37. The zero-order chi connectivity index (χ0) is 13.5. The average molecular weight is 257 g/mol. The molecule has 4 heteroatoms. The van der Waals surface area contributed by atoms with Crippen LogP contribution in [0.5, 0.6) is 0 Å². The molecule has 19 heavy (non-hydrogen) atoms. The molecule has 1 aromatic rings. The van der Waals surface area contributed by atoms with Gasteiger partial charge in [0.1, 0.15) is 11.4 Å². The Morgan fingerprint density at radius 2 is 2.05 bits per heavy atom. The molecule has 4 nitrogen and oxygen atoms in total. The zero-order valence-corrected chi connectivity index (χ0v) is 11.2. The van der Waals surface area contributed by atoms with Crippen LogP contribution < -0.4 is 5.73 Å². The van der Waals surface area contributed by atoms with E-state index in [-0.39, 0.29) is 11.9 Å². The third kappa shape index (κ3) is 1.66. The van der Waals surface area contributed by atoms with Crippen LogP contribution in [-0.4, -0.2) is 29.4 Å². The third-order valence-electron chi connectivity index (χ3n) is 4.62. The van der Waals surface area contributed by atoms with E-state index in [1.54, 1.807) is 4.90 Å². The van der Waals surface area contributed by atoms with Gasteiger partial charge in [-0.15, -0.1) is 0 Å². The topological polar surface area (TPSA) is 58.7 Å². The van der Waals surface area contributed by atoms with Crippen LogP contribution in [0.1, 0.15) is 37.2 Å². The first-order valence-electron chi connectivity index (χ1n) is 6.83. The molecule has 2 amide bonds. The van der Waals surface area contributed by atoms with Crippen LogP contribution in [0.3, 0.4) is 0 Å². The van der Waals surface area contributed by atoms with Crippen LogP contribution in [0.25, 0.3) is 0 Å². The lowest BCUT2D eigenvalue weighted by Gasteiger charge is -2.45. The van der Waals surface area contributed by atoms with E-state index in [0.29, 0.717) is 5.84 Å². The molecule has 1 fully saturated rings. The third-order valence-corrected chi connectivity index (χ3v) is 4.62. The molecular formula is C15H19N3O. The highest BCUT2D eigenvalue weighted by Crippen LogP contribution is 2.46. The van der Waals surface area contributed by atoms with E-state index in [1.807, 2.05) is 25.2 Å². The molecule has 2 aliphatic rings. The van der Waals surface area contributed by atoms with Gasteiger partial charge < -0.3 is 10.6 Å². The summed E-state index contributed by atoms with van der Waals surface area (Å²) in [6.07, 6.45) is 4.23. The quantitative estimate of drug-likeness (QED) is 0.840. The Labute approximate surface area is 113 Å². The summed E-state index contributed by atoms with van der Waals surface area (Å²) in [5, 5.41) is 0. The van der Waals surface area contributed by atoms with Crippen molar-refractivity contribution in [3.8, 4) is 0 Å². The van der Waals surface area contributed by atoms with E-state index in [9.17, 15) is 4.79 Å². The van der Waals surface area contributed by atoms with Crippen molar-refractivity contribution in [2.45, 2.75) is 37.1 Å². The van der Waals surface area contributed by atoms with Gasteiger partial charge in [0.2, 0.25) is 0 Å². The fraction of sp³-hybridized carbons (Fsp3) is 0.467. The first kappa shape index (κ1) is 12.2. The molecule has 1 aliphatic heterocycles. The summed E-state index contributed by atoms with van der Waals surface area (Å²) >= 11 is 0. The Bertz CT molecular complexity index is 525. The molecule has 2 atom stereocenters. The molecule has 1 heterocycles. The minimum atomic E-state index is -0.406. The fourth-order valence-electron chi connectivity index (χ4n) is 3.61. The van der Waals surface area contributed by atoms with E-state index in [0.717, 1.165) is 19.3 Å². The number of nitrogens with zero attached hydrogens (tertiary/aromatic N) is 2. The van der Waals surface area contributed by atoms with Gasteiger partial charge in [0, 0.05) is 13.0 Å². The van der Waals surface area contributed by atoms with Crippen molar-refractivity contribution < 1.29 is 4.79 Å². The second-order valence-electron chi connectivity index (χ2n) is 5.47. The number of nitrogens with two attached hydrogens (primary N) is 1. The van der Waals surface area contributed by atoms with Gasteiger partial charge in [0.05, 0.1) is 0 Å². The van der Waals surface area contributed by atoms with E-state index in [2.05, 4.69) is 17.1 Å². The Morgan fingerprint density at radius 1 is 1.32 bits per heavy atom. The highest BCUT2D eigenvalue weighted by molar-refractivity contribution is 6.06. The number of amides is 2. The molecule has 0 aromatic heterocycles. The maximum Gasteiger partial charge on any atom is 0.345 e. The van der Waals surface area contributed by atoms with Crippen LogP contribution in [0, 0.1) is 0 Å². The predicted molar refractivity (Wildman–Crippen MR) is 75.2 cm³/mol. The maximum absolute atomic E-state index is 11.9. The van der Waals surface area contributed by atoms with Gasteiger partial charge in [-0.25, -0.2) is 4.79 Å². The Kier molecular flexibility index (Phi) is 2.81. The molecule has 0 saturated heterocycles. The van der Waals surface area contributed by atoms with Crippen LogP contribution in [-0.2, 0) is 0 Å². The monoisotopic (exact) mass is 257 g/mol. The SMILES string of the molecule is CN1C(=O)N=C(N)C12CCCCC2c1ccccc1. The number of likely N-dealkylation sites (N-methyl/N-ethyl adjacent to an activating group) is 1. The minimum Gasteiger partial charge on any atom is -0.385 e. The van der Waals surface area contributed by atoms with Crippen molar-refractivity contribution in [1.82, 2.24) is 4.90 Å². The lowest BCUT2D eigenvalue weighted by molar-refractivity contribution is 0.146. The summed E-state index contributed by atoms with van der Waals surface area (Å²) in [6, 6.07) is 10.1. The van der Waals surface area contributed by atoms with Crippen molar-refractivity contribution in [2.75, 3.05) is 7.05 Å². The van der Waals surface area contributed by atoms with E-state index in [1.165, 1.54) is 12.0 Å². The lowest BCUT2D eigenvalue weighted by atomic mass is 9.68. The first-order chi connectivity index (χ1) is 9.16. The molecule has 1 saturated carbocycles. The summed E-state index contributed by atoms with van der Waals surface area (Å²) in [7, 11) is 1.83. The van der Waals surface area contributed by atoms with Gasteiger partial charge in [-0.3, -0.25) is 0 Å². The highest BCUT2D eigenvalue weighted by Gasteiger charge is 2.53. The van der Waals surface area contributed by atoms with Crippen molar-refractivity contribution in [2.24, 2.45) is 10.7 Å². The maximum atomic E-state index is 11.9. The Balaban J connectivity index is 2.07. The van der Waals surface area contributed by atoms with Gasteiger partial charge in [0.15, 0.2) is 0 Å². The molecule has 100 valence electrons. The van der Waals surface area contributed by atoms with Crippen LogP contribution in [0.15, 0.2) is 35.3 Å². The number of urea groups is 1. The fourth-order valence-corrected chi connectivity index (χ4v) is 3.61. The molecule has 1 spiro atoms. The Morgan fingerprint density at radius 3 is 2.68 bits per heavy atom. The molecule has 2 N–H and O–H groups in total. The number of hydrogen-bond donors (Lipinski definition) is 1. The molecule has 1 aliphatic carbocycles. The molecular weight excluding hydrogens is 238 g/mol. The van der Waals surface area contributed by atoms with Gasteiger partial charge in [0.25, 0.3) is 0 Å². The largest absolute Gasteiger partial charge is 0.385 e. The average Bonchev–Trinajstić information content (AvgIpc) is 2.65. The standard InChI is InChI=1S/C15H19N3O/c1-18-14(19)17-13(16)15(18)10-6-5-9-12(15)11-7-3-2-4-8-11/h2-4,7-8,12H,5-6,9-10H2,1H3,(H2,16,17,19). The summed E-state index contributed by atoms with van der Waals surface area (Å²) in [5.41, 5.74) is 6.99. The summed E-state index contributed by atoms with van der Waals surface area (Å²) in [5.74, 6) is 0.746. The number of benzene rings is 1. The summed E-state index contributed by atoms with van der Waals surface area (Å²) < 4.78 is 0. The van der Waals surface area contributed by atoms with Gasteiger partial charge >= 0.3 is 6.03 Å². The van der Waals surface area contributed by atoms with Crippen LogP contribution in [0.2, 0.25) is 0 Å². The first-order valence-corrected chi connectivity index (χ1v) is 6.83. The predicted octanol–water partition coefficient (Wildman–Crippen LogP) is 2.51. The number of carbonyl (C=O) groups is 1. The van der Waals surface area contributed by atoms with Crippen molar-refractivity contribution in [3.05, 3.63) is 35.9 Å². The number of hydrogen-bond acceptors (Lipinski definition) is 2. The molecule has 0 bridgehead atoms. The lowest BCUT2D eigenvalue weighted by Crippen LogP contribution is -2.57. The van der Waals surface area contributed by atoms with Gasteiger partial charge in [-0.05, 0) is 18.4 Å². The highest BCUT2D eigenvalue weighted by atomic mass is 16.2. The van der Waals surface area contributed by atoms with E-state index >= 15 is 0 Å². The summed E-state index contributed by atoms with van der Waals surface area (Å²) in [4.78, 5) is 17.6. The molecule has 3 rings (SSSR count). The van der Waals surface area contributed by atoms with Gasteiger partial charge in [-0.2, -0.15) is 4.99 Å². The van der Waals surface area contributed by atoms with Crippen LogP contribution >= 0.6 is 0 Å². The summed E-state index contributed by atoms with van der Waals surface area (Å²) in [6.45, 7) is 0. The van der Waals surface area contributed by atoms with Crippen LogP contribution in [0.4, 0.5) is 4.79 Å². The van der Waals surface area contributed by atoms with Crippen molar-refractivity contribution in [1.29, 1.82) is 0 Å². The number of carbonyl (C=O) groups excluding carboxylic acids is 1. The van der Waals surface area contributed by atoms with Crippen molar-refractivity contribution >= 4 is 11.9 Å². The zero-order valence-electron chi connectivity index (χ0n) is 11.2. The smallest absolute Gasteiger partial charge is 0.345 e. The molecule has 1 aromatic carbocycles. The van der Waals surface area contributed by atoms with E-state index < -0.39 is 5.54 Å². The van der Waals surface area contributed by atoms with E-state index in [4.69, 9.17) is 5.73 Å². The Hall–Kier alpha value is -1.84. The van der Waals surface area contributed by atoms with Crippen molar-refractivity contribution in [3.63, 3.8) is 0 Å². The number of rotatable bonds is 1. The molecule has 0 radical (unpaired) electrons. The molecule has 2 unspecified atom stereocenters. The normalized spacial score (nSPS) is 30.8. The van der Waals surface area contributed by atoms with Gasteiger partial charge in [-0.1, -0.05) is 43.2 Å². The number of aliphatic imine (C=N–C) groups is 1. The minimum absolute atomic E-state index is 0.208. The second-order valence-corrected chi connectivity index (χ2v) is 5.47.